The van der Waals surface area contributed by atoms with Gasteiger partial charge in [0.05, 0.1) is 25.1 Å². The van der Waals surface area contributed by atoms with Crippen LogP contribution < -0.4 is 10.2 Å². The standard InChI is InChI=1S/C17H23N3O2/c21-17(16-13-3-1-2-4-14(13)16)19-15-6-5-12(11-18-15)20-7-9-22-10-8-20/h5-6,11,13-14,16H,1-4,7-10H2,(H,18,19,21)/t13-,14-/m0/s1. The van der Waals surface area contributed by atoms with Crippen LogP contribution in [0.2, 0.25) is 0 Å². The number of carbonyl (C=O) groups is 1. The topological polar surface area (TPSA) is 54.5 Å². The number of amides is 1. The van der Waals surface area contributed by atoms with Crippen molar-refractivity contribution < 1.29 is 9.53 Å². The van der Waals surface area contributed by atoms with Crippen LogP contribution in [0.25, 0.3) is 0 Å². The Morgan fingerprint density at radius 2 is 1.91 bits per heavy atom. The van der Waals surface area contributed by atoms with Crippen molar-refractivity contribution in [2.24, 2.45) is 17.8 Å². The normalized spacial score (nSPS) is 30.5. The Kier molecular flexibility index (Phi) is 3.74. The van der Waals surface area contributed by atoms with E-state index >= 15 is 0 Å². The van der Waals surface area contributed by atoms with Gasteiger partial charge in [-0.25, -0.2) is 4.98 Å². The van der Waals surface area contributed by atoms with Crippen LogP contribution in [0, 0.1) is 17.8 Å². The lowest BCUT2D eigenvalue weighted by Gasteiger charge is -2.28. The summed E-state index contributed by atoms with van der Waals surface area (Å²) in [5.41, 5.74) is 1.10. The number of nitrogens with one attached hydrogen (secondary N) is 1. The van der Waals surface area contributed by atoms with Gasteiger partial charge in [0.15, 0.2) is 0 Å². The maximum absolute atomic E-state index is 12.3. The molecule has 5 heteroatoms. The Morgan fingerprint density at radius 1 is 1.18 bits per heavy atom. The SMILES string of the molecule is O=C(Nc1ccc(N2CCOCC2)cn1)C1[C@H]2CCCC[C@H]12. The highest BCUT2D eigenvalue weighted by atomic mass is 16.5. The zero-order valence-corrected chi connectivity index (χ0v) is 12.8. The molecule has 0 bridgehead atoms. The lowest BCUT2D eigenvalue weighted by Crippen LogP contribution is -2.36. The number of ether oxygens (including phenoxy) is 1. The van der Waals surface area contributed by atoms with E-state index in [1.807, 2.05) is 18.3 Å². The second-order valence-corrected chi connectivity index (χ2v) is 6.63. The van der Waals surface area contributed by atoms with Gasteiger partial charge < -0.3 is 15.0 Å². The maximum atomic E-state index is 12.3. The number of nitrogens with zero attached hydrogens (tertiary/aromatic N) is 2. The van der Waals surface area contributed by atoms with E-state index in [2.05, 4.69) is 15.2 Å². The zero-order chi connectivity index (χ0) is 14.9. The minimum Gasteiger partial charge on any atom is -0.378 e. The summed E-state index contributed by atoms with van der Waals surface area (Å²) in [6.07, 6.45) is 6.88. The lowest BCUT2D eigenvalue weighted by atomic mass is 10.0. The highest BCUT2D eigenvalue weighted by Crippen LogP contribution is 2.55. The van der Waals surface area contributed by atoms with Gasteiger partial charge in [-0.3, -0.25) is 4.79 Å². The third-order valence-corrected chi connectivity index (χ3v) is 5.33. The molecular formula is C17H23N3O2. The molecule has 2 atom stereocenters. The van der Waals surface area contributed by atoms with Crippen molar-refractivity contribution in [2.75, 3.05) is 36.5 Å². The average Bonchev–Trinajstić information content (AvgIpc) is 3.31. The number of pyridine rings is 1. The van der Waals surface area contributed by atoms with Crippen LogP contribution in [0.3, 0.4) is 0 Å². The monoisotopic (exact) mass is 301 g/mol. The fourth-order valence-electron chi connectivity index (χ4n) is 4.06. The van der Waals surface area contributed by atoms with Crippen molar-refractivity contribution in [3.63, 3.8) is 0 Å². The first kappa shape index (κ1) is 14.0. The van der Waals surface area contributed by atoms with Crippen molar-refractivity contribution >= 4 is 17.4 Å². The van der Waals surface area contributed by atoms with E-state index in [0.717, 1.165) is 32.0 Å². The highest BCUT2D eigenvalue weighted by Gasteiger charge is 2.54. The Labute approximate surface area is 131 Å². The first-order chi connectivity index (χ1) is 10.8. The van der Waals surface area contributed by atoms with Gasteiger partial charge in [0.25, 0.3) is 0 Å². The molecule has 0 spiro atoms. The van der Waals surface area contributed by atoms with Crippen molar-refractivity contribution in [2.45, 2.75) is 25.7 Å². The Balaban J connectivity index is 1.36. The molecule has 1 saturated heterocycles. The predicted octanol–water partition coefficient (Wildman–Crippen LogP) is 2.29. The van der Waals surface area contributed by atoms with E-state index in [9.17, 15) is 4.79 Å². The van der Waals surface area contributed by atoms with E-state index < -0.39 is 0 Å². The third kappa shape index (κ3) is 2.70. The van der Waals surface area contributed by atoms with Crippen molar-refractivity contribution in [1.29, 1.82) is 0 Å². The second kappa shape index (κ2) is 5.88. The first-order valence-corrected chi connectivity index (χ1v) is 8.42. The highest BCUT2D eigenvalue weighted by molar-refractivity contribution is 5.94. The summed E-state index contributed by atoms with van der Waals surface area (Å²) < 4.78 is 5.36. The fourth-order valence-corrected chi connectivity index (χ4v) is 4.06. The summed E-state index contributed by atoms with van der Waals surface area (Å²) in [6.45, 7) is 3.34. The second-order valence-electron chi connectivity index (χ2n) is 6.63. The predicted molar refractivity (Wildman–Crippen MR) is 84.8 cm³/mol. The molecule has 1 aliphatic heterocycles. The molecule has 5 nitrogen and oxygen atoms in total. The number of hydrogen-bond donors (Lipinski definition) is 1. The molecule has 3 fully saturated rings. The van der Waals surface area contributed by atoms with Gasteiger partial charge in [-0.05, 0) is 36.8 Å². The van der Waals surface area contributed by atoms with Gasteiger partial charge >= 0.3 is 0 Å². The van der Waals surface area contributed by atoms with Crippen LogP contribution in [-0.4, -0.2) is 37.2 Å². The molecule has 2 saturated carbocycles. The molecule has 3 aliphatic rings. The summed E-state index contributed by atoms with van der Waals surface area (Å²) in [7, 11) is 0. The fraction of sp³-hybridized carbons (Fsp3) is 0.647. The molecule has 22 heavy (non-hydrogen) atoms. The van der Waals surface area contributed by atoms with E-state index in [0.29, 0.717) is 17.7 Å². The van der Waals surface area contributed by atoms with E-state index in [4.69, 9.17) is 4.74 Å². The molecule has 0 aromatic carbocycles. The third-order valence-electron chi connectivity index (χ3n) is 5.33. The average molecular weight is 301 g/mol. The molecule has 0 radical (unpaired) electrons. The van der Waals surface area contributed by atoms with Crippen LogP contribution in [-0.2, 0) is 9.53 Å². The van der Waals surface area contributed by atoms with Gasteiger partial charge in [0.1, 0.15) is 5.82 Å². The lowest BCUT2D eigenvalue weighted by molar-refractivity contribution is -0.117. The minimum atomic E-state index is 0.170. The molecule has 1 amide bonds. The molecule has 2 aliphatic carbocycles. The molecule has 4 rings (SSSR count). The summed E-state index contributed by atoms with van der Waals surface area (Å²) in [4.78, 5) is 19.0. The van der Waals surface area contributed by atoms with Crippen LogP contribution in [0.1, 0.15) is 25.7 Å². The van der Waals surface area contributed by atoms with Crippen LogP contribution in [0.15, 0.2) is 18.3 Å². The van der Waals surface area contributed by atoms with E-state index in [1.54, 1.807) is 0 Å². The van der Waals surface area contributed by atoms with Crippen LogP contribution in [0.5, 0.6) is 0 Å². The van der Waals surface area contributed by atoms with Gasteiger partial charge in [0, 0.05) is 19.0 Å². The van der Waals surface area contributed by atoms with Crippen molar-refractivity contribution in [3.05, 3.63) is 18.3 Å². The number of fused-ring (bicyclic) bond motifs is 1. The number of aromatic nitrogens is 1. The number of carbonyl (C=O) groups excluding carboxylic acids is 1. The summed E-state index contributed by atoms with van der Waals surface area (Å²) in [6, 6.07) is 3.95. The first-order valence-electron chi connectivity index (χ1n) is 8.42. The molecule has 0 unspecified atom stereocenters. The summed E-state index contributed by atoms with van der Waals surface area (Å²) in [5.74, 6) is 2.36. The van der Waals surface area contributed by atoms with Gasteiger partial charge in [-0.1, -0.05) is 12.8 Å². The van der Waals surface area contributed by atoms with Crippen LogP contribution in [0.4, 0.5) is 11.5 Å². The molecular weight excluding hydrogens is 278 g/mol. The molecule has 1 N–H and O–H groups in total. The number of hydrogen-bond acceptors (Lipinski definition) is 4. The van der Waals surface area contributed by atoms with Gasteiger partial charge in [-0.15, -0.1) is 0 Å². The Bertz CT molecular complexity index is 527. The number of morpholine rings is 1. The van der Waals surface area contributed by atoms with E-state index in [1.165, 1.54) is 25.7 Å². The molecule has 1 aromatic rings. The maximum Gasteiger partial charge on any atom is 0.229 e. The summed E-state index contributed by atoms with van der Waals surface area (Å²) >= 11 is 0. The quantitative estimate of drug-likeness (QED) is 0.930. The van der Waals surface area contributed by atoms with Crippen molar-refractivity contribution in [1.82, 2.24) is 4.98 Å². The van der Waals surface area contributed by atoms with Gasteiger partial charge in [-0.2, -0.15) is 0 Å². The molecule has 118 valence electrons. The number of rotatable bonds is 3. The minimum absolute atomic E-state index is 0.170. The van der Waals surface area contributed by atoms with Crippen molar-refractivity contribution in [3.8, 4) is 0 Å². The largest absolute Gasteiger partial charge is 0.378 e. The van der Waals surface area contributed by atoms with E-state index in [-0.39, 0.29) is 11.8 Å². The smallest absolute Gasteiger partial charge is 0.229 e. The Morgan fingerprint density at radius 3 is 2.55 bits per heavy atom. The van der Waals surface area contributed by atoms with Gasteiger partial charge in [0.2, 0.25) is 5.91 Å². The number of anilines is 2. The Hall–Kier alpha value is -1.62. The van der Waals surface area contributed by atoms with Crippen LogP contribution >= 0.6 is 0 Å². The summed E-state index contributed by atoms with van der Waals surface area (Å²) in [5, 5.41) is 3.00. The molecule has 1 aromatic heterocycles. The zero-order valence-electron chi connectivity index (χ0n) is 12.8. The molecule has 2 heterocycles.